The third kappa shape index (κ3) is 6.56. The van der Waals surface area contributed by atoms with Gasteiger partial charge in [-0.15, -0.1) is 19.7 Å². The standard InChI is InChI=1S/C13H18O2.C2H4/c1-3-4-5-6-7-8-9-12-10-11(2)15-13(12)14;1-2/h3,7-8,12H,1-2,4-6,9-10H2;1-2H2/b8-7+;. The molecule has 0 aromatic heterocycles. The monoisotopic (exact) mass is 234 g/mol. The Morgan fingerprint density at radius 2 is 2.00 bits per heavy atom. The number of allylic oxidation sites excluding steroid dienone is 4. The molecule has 94 valence electrons. The molecule has 0 spiro atoms. The molecule has 1 aliphatic rings. The molecule has 0 aromatic carbocycles. The minimum Gasteiger partial charge on any atom is -0.431 e. The van der Waals surface area contributed by atoms with Crippen LogP contribution in [-0.4, -0.2) is 5.97 Å². The van der Waals surface area contributed by atoms with Crippen molar-refractivity contribution < 1.29 is 9.53 Å². The molecule has 1 fully saturated rings. The summed E-state index contributed by atoms with van der Waals surface area (Å²) in [7, 11) is 0. The molecular weight excluding hydrogens is 212 g/mol. The van der Waals surface area contributed by atoms with E-state index in [0.717, 1.165) is 25.7 Å². The maximum atomic E-state index is 11.2. The van der Waals surface area contributed by atoms with Crippen LogP contribution in [0.5, 0.6) is 0 Å². The zero-order valence-electron chi connectivity index (χ0n) is 10.5. The highest BCUT2D eigenvalue weighted by Gasteiger charge is 2.28. The van der Waals surface area contributed by atoms with Crippen molar-refractivity contribution in [1.82, 2.24) is 0 Å². The average molecular weight is 234 g/mol. The summed E-state index contributed by atoms with van der Waals surface area (Å²) in [5.41, 5.74) is 0. The van der Waals surface area contributed by atoms with Crippen molar-refractivity contribution in [2.75, 3.05) is 0 Å². The summed E-state index contributed by atoms with van der Waals surface area (Å²) in [6, 6.07) is 0. The fourth-order valence-electron chi connectivity index (χ4n) is 1.56. The van der Waals surface area contributed by atoms with Crippen molar-refractivity contribution in [3.63, 3.8) is 0 Å². The lowest BCUT2D eigenvalue weighted by Crippen LogP contribution is -2.05. The van der Waals surface area contributed by atoms with E-state index in [0.29, 0.717) is 12.2 Å². The topological polar surface area (TPSA) is 26.3 Å². The number of hydrogen-bond acceptors (Lipinski definition) is 2. The molecule has 1 heterocycles. The lowest BCUT2D eigenvalue weighted by Gasteiger charge is -1.98. The lowest BCUT2D eigenvalue weighted by atomic mass is 10.0. The third-order valence-electron chi connectivity index (χ3n) is 2.42. The van der Waals surface area contributed by atoms with Crippen LogP contribution in [0.25, 0.3) is 0 Å². The Labute approximate surface area is 104 Å². The largest absolute Gasteiger partial charge is 0.431 e. The van der Waals surface area contributed by atoms with Crippen molar-refractivity contribution in [2.24, 2.45) is 5.92 Å². The molecule has 0 radical (unpaired) electrons. The van der Waals surface area contributed by atoms with E-state index in [1.807, 2.05) is 6.08 Å². The van der Waals surface area contributed by atoms with Gasteiger partial charge in [0, 0.05) is 6.42 Å². The van der Waals surface area contributed by atoms with Gasteiger partial charge in [0.2, 0.25) is 0 Å². The Hall–Kier alpha value is -1.57. The summed E-state index contributed by atoms with van der Waals surface area (Å²) in [6.07, 6.45) is 10.8. The molecule has 0 amide bonds. The van der Waals surface area contributed by atoms with Gasteiger partial charge in [0.05, 0.1) is 5.92 Å². The van der Waals surface area contributed by atoms with Crippen LogP contribution >= 0.6 is 0 Å². The summed E-state index contributed by atoms with van der Waals surface area (Å²) in [6.45, 7) is 13.3. The first kappa shape index (κ1) is 15.4. The summed E-state index contributed by atoms with van der Waals surface area (Å²) in [4.78, 5) is 11.2. The van der Waals surface area contributed by atoms with Crippen molar-refractivity contribution >= 4 is 5.97 Å². The van der Waals surface area contributed by atoms with Gasteiger partial charge in [0.1, 0.15) is 5.76 Å². The Kier molecular flexibility index (Phi) is 8.75. The van der Waals surface area contributed by atoms with E-state index in [9.17, 15) is 4.79 Å². The Bertz CT molecular complexity index is 289. The second-order valence-electron chi connectivity index (χ2n) is 3.79. The number of ether oxygens (including phenoxy) is 1. The number of esters is 1. The van der Waals surface area contributed by atoms with Gasteiger partial charge in [0.15, 0.2) is 0 Å². The Balaban J connectivity index is 0.00000121. The first-order valence-corrected chi connectivity index (χ1v) is 5.89. The molecule has 1 rings (SSSR count). The lowest BCUT2D eigenvalue weighted by molar-refractivity contribution is -0.138. The van der Waals surface area contributed by atoms with Gasteiger partial charge >= 0.3 is 5.97 Å². The summed E-state index contributed by atoms with van der Waals surface area (Å²) in [5.74, 6) is 0.467. The van der Waals surface area contributed by atoms with E-state index in [-0.39, 0.29) is 11.9 Å². The van der Waals surface area contributed by atoms with Gasteiger partial charge in [-0.25, -0.2) is 0 Å². The van der Waals surface area contributed by atoms with Gasteiger partial charge in [-0.2, -0.15) is 0 Å². The molecular formula is C15H22O2. The van der Waals surface area contributed by atoms with Crippen LogP contribution in [0.2, 0.25) is 0 Å². The quantitative estimate of drug-likeness (QED) is 0.392. The van der Waals surface area contributed by atoms with E-state index in [4.69, 9.17) is 4.74 Å². The molecule has 1 unspecified atom stereocenters. The molecule has 0 bridgehead atoms. The van der Waals surface area contributed by atoms with E-state index in [1.165, 1.54) is 0 Å². The van der Waals surface area contributed by atoms with Crippen LogP contribution in [0.15, 0.2) is 50.3 Å². The molecule has 1 aliphatic heterocycles. The van der Waals surface area contributed by atoms with E-state index >= 15 is 0 Å². The van der Waals surface area contributed by atoms with Crippen molar-refractivity contribution in [3.05, 3.63) is 50.3 Å². The van der Waals surface area contributed by atoms with Crippen LogP contribution in [0.4, 0.5) is 0 Å². The highest BCUT2D eigenvalue weighted by Crippen LogP contribution is 2.25. The van der Waals surface area contributed by atoms with Crippen LogP contribution in [-0.2, 0) is 9.53 Å². The number of hydrogen-bond donors (Lipinski definition) is 0. The summed E-state index contributed by atoms with van der Waals surface area (Å²) < 4.78 is 4.89. The molecule has 1 atom stereocenters. The highest BCUT2D eigenvalue weighted by atomic mass is 16.5. The summed E-state index contributed by atoms with van der Waals surface area (Å²) >= 11 is 0. The summed E-state index contributed by atoms with van der Waals surface area (Å²) in [5, 5.41) is 0. The number of unbranched alkanes of at least 4 members (excludes halogenated alkanes) is 2. The Morgan fingerprint density at radius 1 is 1.29 bits per heavy atom. The third-order valence-corrected chi connectivity index (χ3v) is 2.42. The van der Waals surface area contributed by atoms with Crippen LogP contribution < -0.4 is 0 Å². The second-order valence-corrected chi connectivity index (χ2v) is 3.79. The van der Waals surface area contributed by atoms with Gasteiger partial charge in [-0.3, -0.25) is 4.79 Å². The van der Waals surface area contributed by atoms with E-state index < -0.39 is 0 Å². The van der Waals surface area contributed by atoms with Crippen LogP contribution in [0, 0.1) is 5.92 Å². The predicted molar refractivity (Wildman–Crippen MR) is 72.4 cm³/mol. The zero-order chi connectivity index (χ0) is 13.1. The van der Waals surface area contributed by atoms with Crippen LogP contribution in [0.1, 0.15) is 32.1 Å². The van der Waals surface area contributed by atoms with Gasteiger partial charge in [0.25, 0.3) is 0 Å². The van der Waals surface area contributed by atoms with Crippen molar-refractivity contribution in [1.29, 1.82) is 0 Å². The van der Waals surface area contributed by atoms with Gasteiger partial charge in [-0.05, 0) is 25.7 Å². The van der Waals surface area contributed by atoms with Crippen LogP contribution in [0.3, 0.4) is 0 Å². The molecule has 1 saturated heterocycles. The maximum Gasteiger partial charge on any atom is 0.314 e. The average Bonchev–Trinajstić information content (AvgIpc) is 2.65. The van der Waals surface area contributed by atoms with Gasteiger partial charge < -0.3 is 4.74 Å². The fourth-order valence-corrected chi connectivity index (χ4v) is 1.56. The smallest absolute Gasteiger partial charge is 0.314 e. The minimum absolute atomic E-state index is 0.00634. The number of carbonyl (C=O) groups excluding carboxylic acids is 1. The molecule has 17 heavy (non-hydrogen) atoms. The molecule has 0 saturated carbocycles. The molecule has 0 aliphatic carbocycles. The number of rotatable bonds is 6. The number of carbonyl (C=O) groups is 1. The maximum absolute atomic E-state index is 11.2. The number of cyclic esters (lactones) is 1. The highest BCUT2D eigenvalue weighted by molar-refractivity contribution is 5.76. The fraction of sp³-hybridized carbons (Fsp3) is 0.400. The Morgan fingerprint density at radius 3 is 2.53 bits per heavy atom. The zero-order valence-corrected chi connectivity index (χ0v) is 10.5. The van der Waals surface area contributed by atoms with Crippen molar-refractivity contribution in [2.45, 2.75) is 32.1 Å². The molecule has 0 aromatic rings. The first-order chi connectivity index (χ1) is 8.24. The molecule has 2 heteroatoms. The van der Waals surface area contributed by atoms with Gasteiger partial charge in [-0.1, -0.05) is 24.8 Å². The SMILES string of the molecule is C=C.C=CCCC/C=C/CC1CC(=C)OC1=O. The predicted octanol–water partition coefficient (Wildman–Crippen LogP) is 4.17. The van der Waals surface area contributed by atoms with Crippen molar-refractivity contribution in [3.8, 4) is 0 Å². The normalized spacial score (nSPS) is 18.7. The first-order valence-electron chi connectivity index (χ1n) is 5.89. The second kappa shape index (κ2) is 9.64. The molecule has 2 nitrogen and oxygen atoms in total. The molecule has 0 N–H and O–H groups in total. The minimum atomic E-state index is -0.129. The van der Waals surface area contributed by atoms with E-state index in [2.05, 4.69) is 38.5 Å². The van der Waals surface area contributed by atoms with E-state index in [1.54, 1.807) is 0 Å².